The van der Waals surface area contributed by atoms with Crippen LogP contribution in [0.5, 0.6) is 0 Å². The molecule has 0 N–H and O–H groups in total. The minimum absolute atomic E-state index is 0.0776. The van der Waals surface area contributed by atoms with Gasteiger partial charge in [0.2, 0.25) is 0 Å². The second-order valence-electron chi connectivity index (χ2n) is 3.43. The molecule has 0 aliphatic carbocycles. The lowest BCUT2D eigenvalue weighted by molar-refractivity contribution is -0.0204. The number of hydrogen-bond donors (Lipinski definition) is 0. The summed E-state index contributed by atoms with van der Waals surface area (Å²) in [5, 5.41) is 8.96. The van der Waals surface area contributed by atoms with Gasteiger partial charge in [-0.3, -0.25) is 4.90 Å². The van der Waals surface area contributed by atoms with E-state index in [0.29, 0.717) is 6.04 Å². The second-order valence-corrected chi connectivity index (χ2v) is 3.43. The molecule has 0 spiro atoms. The lowest BCUT2D eigenvalue weighted by atomic mass is 10.1. The van der Waals surface area contributed by atoms with E-state index in [-0.39, 0.29) is 6.04 Å². The minimum Gasteiger partial charge on any atom is -0.378 e. The summed E-state index contributed by atoms with van der Waals surface area (Å²) in [6.45, 7) is 6.68. The molecule has 0 aromatic rings. The van der Waals surface area contributed by atoms with Crippen molar-refractivity contribution in [2.45, 2.75) is 38.8 Å². The van der Waals surface area contributed by atoms with Crippen molar-refractivity contribution in [2.75, 3.05) is 19.8 Å². The van der Waals surface area contributed by atoms with E-state index >= 15 is 0 Å². The Morgan fingerprint density at radius 2 is 2.38 bits per heavy atom. The van der Waals surface area contributed by atoms with E-state index in [1.54, 1.807) is 0 Å². The largest absolute Gasteiger partial charge is 0.378 e. The van der Waals surface area contributed by atoms with Gasteiger partial charge >= 0.3 is 0 Å². The van der Waals surface area contributed by atoms with Crippen LogP contribution in [0.2, 0.25) is 0 Å². The molecule has 2 unspecified atom stereocenters. The van der Waals surface area contributed by atoms with Crippen LogP contribution < -0.4 is 0 Å². The summed E-state index contributed by atoms with van der Waals surface area (Å²) in [6, 6.07) is 2.88. The van der Waals surface area contributed by atoms with Crippen molar-refractivity contribution in [1.29, 1.82) is 5.26 Å². The highest BCUT2D eigenvalue weighted by molar-refractivity contribution is 4.94. The van der Waals surface area contributed by atoms with Gasteiger partial charge in [0.25, 0.3) is 0 Å². The molecule has 1 heterocycles. The molecular formula is C10H18N2O. The van der Waals surface area contributed by atoms with Crippen molar-refractivity contribution in [3.63, 3.8) is 0 Å². The van der Waals surface area contributed by atoms with Crippen LogP contribution >= 0.6 is 0 Å². The van der Waals surface area contributed by atoms with Gasteiger partial charge in [0.05, 0.1) is 25.3 Å². The molecule has 1 fully saturated rings. The predicted octanol–water partition coefficient (Wildman–Crippen LogP) is 1.40. The highest BCUT2D eigenvalue weighted by atomic mass is 16.5. The number of morpholine rings is 1. The minimum atomic E-state index is 0.0776. The quantitative estimate of drug-likeness (QED) is 0.662. The molecular weight excluding hydrogens is 164 g/mol. The molecule has 13 heavy (non-hydrogen) atoms. The van der Waals surface area contributed by atoms with Gasteiger partial charge in [-0.05, 0) is 12.8 Å². The Kier molecular flexibility index (Phi) is 4.20. The summed E-state index contributed by atoms with van der Waals surface area (Å²) in [4.78, 5) is 2.28. The molecule has 3 nitrogen and oxygen atoms in total. The highest BCUT2D eigenvalue weighted by Gasteiger charge is 2.26. The molecule has 74 valence electrons. The normalized spacial score (nSPS) is 26.7. The maximum atomic E-state index is 8.96. The Morgan fingerprint density at radius 1 is 1.62 bits per heavy atom. The van der Waals surface area contributed by atoms with Gasteiger partial charge in [-0.1, -0.05) is 13.8 Å². The van der Waals surface area contributed by atoms with Gasteiger partial charge in [-0.15, -0.1) is 0 Å². The van der Waals surface area contributed by atoms with E-state index in [4.69, 9.17) is 10.00 Å². The summed E-state index contributed by atoms with van der Waals surface area (Å²) < 4.78 is 5.39. The zero-order valence-electron chi connectivity index (χ0n) is 8.49. The van der Waals surface area contributed by atoms with Crippen molar-refractivity contribution in [3.8, 4) is 6.07 Å². The number of nitriles is 1. The van der Waals surface area contributed by atoms with Crippen LogP contribution in [0.15, 0.2) is 0 Å². The molecule has 1 saturated heterocycles. The maximum Gasteiger partial charge on any atom is 0.0979 e. The van der Waals surface area contributed by atoms with E-state index < -0.39 is 0 Å². The lowest BCUT2D eigenvalue weighted by Crippen LogP contribution is -2.49. The van der Waals surface area contributed by atoms with Crippen molar-refractivity contribution in [3.05, 3.63) is 0 Å². The average molecular weight is 182 g/mol. The van der Waals surface area contributed by atoms with E-state index in [2.05, 4.69) is 24.8 Å². The van der Waals surface area contributed by atoms with Crippen LogP contribution in [0.3, 0.4) is 0 Å². The van der Waals surface area contributed by atoms with E-state index in [1.807, 2.05) is 0 Å². The summed E-state index contributed by atoms with van der Waals surface area (Å²) in [5.74, 6) is 0. The van der Waals surface area contributed by atoms with Crippen LogP contribution in [0.1, 0.15) is 26.7 Å². The topological polar surface area (TPSA) is 36.3 Å². The fourth-order valence-corrected chi connectivity index (χ4v) is 1.83. The van der Waals surface area contributed by atoms with Gasteiger partial charge in [0, 0.05) is 12.6 Å². The maximum absolute atomic E-state index is 8.96. The summed E-state index contributed by atoms with van der Waals surface area (Å²) in [6.07, 6.45) is 1.98. The number of ether oxygens (including phenoxy) is 1. The molecule has 0 aromatic heterocycles. The Morgan fingerprint density at radius 3 is 2.92 bits per heavy atom. The van der Waals surface area contributed by atoms with E-state index in [9.17, 15) is 0 Å². The first-order chi connectivity index (χ1) is 6.33. The molecule has 1 aliphatic rings. The van der Waals surface area contributed by atoms with Crippen molar-refractivity contribution >= 4 is 0 Å². The van der Waals surface area contributed by atoms with Crippen molar-refractivity contribution in [1.82, 2.24) is 4.90 Å². The van der Waals surface area contributed by atoms with Crippen LogP contribution in [0, 0.1) is 11.3 Å². The Balaban J connectivity index is 2.58. The zero-order valence-corrected chi connectivity index (χ0v) is 8.49. The molecule has 1 rings (SSSR count). The average Bonchev–Trinajstić information content (AvgIpc) is 2.20. The molecule has 0 saturated carbocycles. The van der Waals surface area contributed by atoms with Crippen LogP contribution in [0.4, 0.5) is 0 Å². The number of rotatable bonds is 3. The van der Waals surface area contributed by atoms with Gasteiger partial charge in [-0.2, -0.15) is 5.26 Å². The number of hydrogen-bond acceptors (Lipinski definition) is 3. The Bertz CT molecular complexity index is 188. The molecule has 1 aliphatic heterocycles. The van der Waals surface area contributed by atoms with Gasteiger partial charge < -0.3 is 4.74 Å². The first-order valence-electron chi connectivity index (χ1n) is 5.06. The predicted molar refractivity (Wildman–Crippen MR) is 51.3 cm³/mol. The van der Waals surface area contributed by atoms with E-state index in [0.717, 1.165) is 32.6 Å². The first-order valence-corrected chi connectivity index (χ1v) is 5.06. The lowest BCUT2D eigenvalue weighted by Gasteiger charge is -2.37. The van der Waals surface area contributed by atoms with Crippen LogP contribution in [-0.4, -0.2) is 36.7 Å². The highest BCUT2D eigenvalue weighted by Crippen LogP contribution is 2.15. The number of nitrogens with zero attached hydrogens (tertiary/aromatic N) is 2. The monoisotopic (exact) mass is 182 g/mol. The van der Waals surface area contributed by atoms with Crippen LogP contribution in [-0.2, 0) is 4.74 Å². The standard InChI is InChI=1S/C10H18N2O/c1-3-9(7-11)12-5-6-13-8-10(12)4-2/h9-10H,3-6,8H2,1-2H3. The fourth-order valence-electron chi connectivity index (χ4n) is 1.83. The molecule has 0 bridgehead atoms. The SMILES string of the molecule is CCC(C#N)N1CCOCC1CC. The van der Waals surface area contributed by atoms with Gasteiger partial charge in [0.15, 0.2) is 0 Å². The van der Waals surface area contributed by atoms with Crippen LogP contribution in [0.25, 0.3) is 0 Å². The molecule has 0 amide bonds. The summed E-state index contributed by atoms with van der Waals surface area (Å²) >= 11 is 0. The third-order valence-corrected chi connectivity index (χ3v) is 2.68. The Labute approximate surface area is 80.3 Å². The van der Waals surface area contributed by atoms with Gasteiger partial charge in [-0.25, -0.2) is 0 Å². The van der Waals surface area contributed by atoms with Gasteiger partial charge in [0.1, 0.15) is 0 Å². The summed E-state index contributed by atoms with van der Waals surface area (Å²) in [7, 11) is 0. The first kappa shape index (κ1) is 10.5. The van der Waals surface area contributed by atoms with E-state index in [1.165, 1.54) is 0 Å². The molecule has 0 aromatic carbocycles. The third-order valence-electron chi connectivity index (χ3n) is 2.68. The van der Waals surface area contributed by atoms with Crippen molar-refractivity contribution in [2.24, 2.45) is 0 Å². The Hall–Kier alpha value is -0.590. The molecule has 0 radical (unpaired) electrons. The second kappa shape index (κ2) is 5.21. The van der Waals surface area contributed by atoms with Crippen molar-refractivity contribution < 1.29 is 4.74 Å². The zero-order chi connectivity index (χ0) is 9.68. The summed E-state index contributed by atoms with van der Waals surface area (Å²) in [5.41, 5.74) is 0. The smallest absolute Gasteiger partial charge is 0.0979 e. The third kappa shape index (κ3) is 2.43. The molecule has 2 atom stereocenters. The molecule has 3 heteroatoms. The fraction of sp³-hybridized carbons (Fsp3) is 0.900.